The maximum atomic E-state index is 12.7. The molecule has 1 amide bonds. The lowest BCUT2D eigenvalue weighted by atomic mass is 10.2. The van der Waals surface area contributed by atoms with E-state index in [2.05, 4.69) is 13.2 Å². The van der Waals surface area contributed by atoms with E-state index >= 15 is 0 Å². The summed E-state index contributed by atoms with van der Waals surface area (Å²) in [5, 5.41) is 0. The minimum atomic E-state index is -0.366. The largest absolute Gasteiger partial charge is 0.312 e. The third-order valence-electron chi connectivity index (χ3n) is 2.25. The summed E-state index contributed by atoms with van der Waals surface area (Å²) in [4.78, 5) is 13.3. The number of carbonyl (C=O) groups excluding carboxylic acids is 1. The predicted molar refractivity (Wildman–Crippen MR) is 78.3 cm³/mol. The Hall–Kier alpha value is -2.16. The quantitative estimate of drug-likeness (QED) is 0.744. The Morgan fingerprint density at radius 2 is 1.79 bits per heavy atom. The molecule has 0 spiro atoms. The van der Waals surface area contributed by atoms with Gasteiger partial charge in [0.05, 0.1) is 0 Å². The number of rotatable bonds is 4. The van der Waals surface area contributed by atoms with Crippen molar-refractivity contribution in [3.63, 3.8) is 0 Å². The second-order valence-corrected chi connectivity index (χ2v) is 3.46. The fourth-order valence-corrected chi connectivity index (χ4v) is 1.21. The van der Waals surface area contributed by atoms with Gasteiger partial charge in [-0.25, -0.2) is 4.39 Å². The molecule has 0 saturated heterocycles. The smallest absolute Gasteiger partial charge is 0.257 e. The van der Waals surface area contributed by atoms with Gasteiger partial charge in [0, 0.05) is 18.3 Å². The number of nitrogens with zero attached hydrogens (tertiary/aromatic N) is 1. The molecule has 2 nitrogen and oxygen atoms in total. The first kappa shape index (κ1) is 16.8. The van der Waals surface area contributed by atoms with Crippen LogP contribution in [0, 0.1) is 5.82 Å². The highest BCUT2D eigenvalue weighted by molar-refractivity contribution is 5.95. The van der Waals surface area contributed by atoms with Crippen LogP contribution >= 0.6 is 0 Å². The van der Waals surface area contributed by atoms with E-state index in [0.717, 1.165) is 0 Å². The summed E-state index contributed by atoms with van der Waals surface area (Å²) in [6.07, 6.45) is 4.96. The van der Waals surface area contributed by atoms with Crippen LogP contribution in [0.15, 0.2) is 61.3 Å². The number of carbonyl (C=O) groups is 1. The molecule has 0 aliphatic heterocycles. The number of hydrogen-bond donors (Lipinski definition) is 0. The van der Waals surface area contributed by atoms with E-state index in [1.807, 2.05) is 13.8 Å². The van der Waals surface area contributed by atoms with Crippen LogP contribution in [-0.4, -0.2) is 17.9 Å². The molecule has 19 heavy (non-hydrogen) atoms. The van der Waals surface area contributed by atoms with Crippen molar-refractivity contribution in [3.05, 3.63) is 72.7 Å². The third-order valence-corrected chi connectivity index (χ3v) is 2.25. The Bertz CT molecular complexity index is 460. The zero-order chi connectivity index (χ0) is 14.8. The molecule has 0 aliphatic rings. The van der Waals surface area contributed by atoms with E-state index in [9.17, 15) is 9.18 Å². The summed E-state index contributed by atoms with van der Waals surface area (Å²) in [6.45, 7) is 11.3. The summed E-state index contributed by atoms with van der Waals surface area (Å²) in [5.41, 5.74) is 0.960. The van der Waals surface area contributed by atoms with Crippen molar-refractivity contribution >= 4 is 5.91 Å². The van der Waals surface area contributed by atoms with Crippen LogP contribution < -0.4 is 0 Å². The van der Waals surface area contributed by atoms with Crippen molar-refractivity contribution in [2.24, 2.45) is 0 Å². The molecule has 102 valence electrons. The Kier molecular flexibility index (Phi) is 7.85. The molecule has 0 radical (unpaired) electrons. The SMILES string of the molecule is C=C/C=C\C(=C)N(C)C(=O)c1ccc(F)cc1.CC. The van der Waals surface area contributed by atoms with Crippen LogP contribution in [0.1, 0.15) is 24.2 Å². The minimum Gasteiger partial charge on any atom is -0.312 e. The average Bonchev–Trinajstić information content (AvgIpc) is 2.46. The van der Waals surface area contributed by atoms with Gasteiger partial charge in [0.2, 0.25) is 0 Å². The van der Waals surface area contributed by atoms with E-state index < -0.39 is 0 Å². The molecule has 0 N–H and O–H groups in total. The Morgan fingerprint density at radius 1 is 1.26 bits per heavy atom. The Balaban J connectivity index is 0.00000154. The van der Waals surface area contributed by atoms with Gasteiger partial charge in [-0.2, -0.15) is 0 Å². The molecule has 0 atom stereocenters. The second-order valence-electron chi connectivity index (χ2n) is 3.46. The van der Waals surface area contributed by atoms with Gasteiger partial charge in [-0.1, -0.05) is 39.2 Å². The van der Waals surface area contributed by atoms with Crippen LogP contribution in [-0.2, 0) is 0 Å². The third kappa shape index (κ3) is 5.34. The van der Waals surface area contributed by atoms with E-state index in [4.69, 9.17) is 0 Å². The van der Waals surface area contributed by atoms with E-state index in [1.54, 1.807) is 25.3 Å². The number of amides is 1. The van der Waals surface area contributed by atoms with E-state index in [-0.39, 0.29) is 11.7 Å². The van der Waals surface area contributed by atoms with Crippen molar-refractivity contribution in [2.75, 3.05) is 7.05 Å². The number of hydrogen-bond acceptors (Lipinski definition) is 1. The molecule has 0 saturated carbocycles. The van der Waals surface area contributed by atoms with Crippen molar-refractivity contribution in [1.82, 2.24) is 4.90 Å². The molecule has 0 heterocycles. The maximum absolute atomic E-state index is 12.7. The number of allylic oxidation sites excluding steroid dienone is 3. The second kappa shape index (κ2) is 8.86. The normalized spacial score (nSPS) is 9.47. The minimum absolute atomic E-state index is 0.233. The zero-order valence-electron chi connectivity index (χ0n) is 11.7. The van der Waals surface area contributed by atoms with Gasteiger partial charge in [-0.15, -0.1) is 0 Å². The highest BCUT2D eigenvalue weighted by atomic mass is 19.1. The molecule has 0 aromatic heterocycles. The van der Waals surface area contributed by atoms with Crippen molar-refractivity contribution in [3.8, 4) is 0 Å². The van der Waals surface area contributed by atoms with E-state index in [1.165, 1.54) is 29.2 Å². The van der Waals surface area contributed by atoms with Gasteiger partial charge in [-0.05, 0) is 30.3 Å². The van der Waals surface area contributed by atoms with Crippen LogP contribution in [0.25, 0.3) is 0 Å². The van der Waals surface area contributed by atoms with Gasteiger partial charge >= 0.3 is 0 Å². The lowest BCUT2D eigenvalue weighted by Gasteiger charge is -2.17. The Labute approximate surface area is 114 Å². The molecule has 0 unspecified atom stereocenters. The van der Waals surface area contributed by atoms with Gasteiger partial charge in [-0.3, -0.25) is 4.79 Å². The molecule has 0 bridgehead atoms. The first-order chi connectivity index (χ1) is 9.06. The summed E-state index contributed by atoms with van der Waals surface area (Å²) in [6, 6.07) is 5.39. The summed E-state index contributed by atoms with van der Waals surface area (Å²) < 4.78 is 12.7. The lowest BCUT2D eigenvalue weighted by Crippen LogP contribution is -2.24. The topological polar surface area (TPSA) is 20.3 Å². The number of benzene rings is 1. The highest BCUT2D eigenvalue weighted by Crippen LogP contribution is 2.10. The van der Waals surface area contributed by atoms with Crippen LogP contribution in [0.5, 0.6) is 0 Å². The fourth-order valence-electron chi connectivity index (χ4n) is 1.21. The molecular formula is C16H20FNO. The lowest BCUT2D eigenvalue weighted by molar-refractivity contribution is 0.0841. The van der Waals surface area contributed by atoms with Gasteiger partial charge < -0.3 is 4.90 Å². The van der Waals surface area contributed by atoms with Gasteiger partial charge in [0.25, 0.3) is 5.91 Å². The van der Waals surface area contributed by atoms with Gasteiger partial charge in [0.15, 0.2) is 0 Å². The summed E-state index contributed by atoms with van der Waals surface area (Å²) in [7, 11) is 1.61. The van der Waals surface area contributed by atoms with Crippen molar-refractivity contribution in [2.45, 2.75) is 13.8 Å². The van der Waals surface area contributed by atoms with Crippen molar-refractivity contribution < 1.29 is 9.18 Å². The molecule has 1 aromatic rings. The van der Waals surface area contributed by atoms with Crippen LogP contribution in [0.4, 0.5) is 4.39 Å². The summed E-state index contributed by atoms with van der Waals surface area (Å²) in [5.74, 6) is -0.599. The molecule has 0 aliphatic carbocycles. The maximum Gasteiger partial charge on any atom is 0.257 e. The summed E-state index contributed by atoms with van der Waals surface area (Å²) >= 11 is 0. The first-order valence-corrected chi connectivity index (χ1v) is 6.08. The van der Waals surface area contributed by atoms with Crippen LogP contribution in [0.3, 0.4) is 0 Å². The van der Waals surface area contributed by atoms with E-state index in [0.29, 0.717) is 11.3 Å². The number of likely N-dealkylation sites (N-methyl/N-ethyl adjacent to an activating group) is 1. The predicted octanol–water partition coefficient (Wildman–Crippen LogP) is 4.18. The molecule has 1 aromatic carbocycles. The van der Waals surface area contributed by atoms with Crippen molar-refractivity contribution in [1.29, 1.82) is 0 Å². The monoisotopic (exact) mass is 261 g/mol. The molecular weight excluding hydrogens is 241 g/mol. The highest BCUT2D eigenvalue weighted by Gasteiger charge is 2.12. The molecule has 0 fully saturated rings. The zero-order valence-corrected chi connectivity index (χ0v) is 11.7. The van der Waals surface area contributed by atoms with Crippen LogP contribution in [0.2, 0.25) is 0 Å². The standard InChI is InChI=1S/C14H14FNO.C2H6/c1-4-5-6-11(2)16(3)14(17)12-7-9-13(15)10-8-12;1-2/h4-10H,1-2H2,3H3;1-2H3/b6-5-;. The first-order valence-electron chi connectivity index (χ1n) is 6.08. The number of halogens is 1. The Morgan fingerprint density at radius 3 is 2.26 bits per heavy atom. The fraction of sp³-hybridized carbons (Fsp3) is 0.188. The molecule has 3 heteroatoms. The van der Waals surface area contributed by atoms with Gasteiger partial charge in [0.1, 0.15) is 5.82 Å². The average molecular weight is 261 g/mol. The molecule has 1 rings (SSSR count).